The van der Waals surface area contributed by atoms with Gasteiger partial charge >= 0.3 is 0 Å². The maximum Gasteiger partial charge on any atom is 0.257 e. The fourth-order valence-corrected chi connectivity index (χ4v) is 4.07. The molecule has 1 aromatic heterocycles. The fraction of sp³-hybridized carbons (Fsp3) is 0.353. The minimum absolute atomic E-state index is 0.0841. The van der Waals surface area contributed by atoms with Crippen molar-refractivity contribution in [2.24, 2.45) is 5.92 Å². The van der Waals surface area contributed by atoms with E-state index in [4.69, 9.17) is 4.42 Å². The number of amides is 1. The summed E-state index contributed by atoms with van der Waals surface area (Å²) in [6.07, 6.45) is 4.24. The van der Waals surface area contributed by atoms with Crippen molar-refractivity contribution in [3.8, 4) is 0 Å². The molecule has 0 saturated carbocycles. The lowest BCUT2D eigenvalue weighted by Gasteiger charge is -2.31. The average molecular weight is 366 g/mol. The van der Waals surface area contributed by atoms with Crippen LogP contribution in [0.1, 0.15) is 23.2 Å². The molecule has 0 aliphatic carbocycles. The van der Waals surface area contributed by atoms with Gasteiger partial charge in [0.25, 0.3) is 5.91 Å². The summed E-state index contributed by atoms with van der Waals surface area (Å²) in [5.41, 5.74) is 0.513. The zero-order valence-electron chi connectivity index (χ0n) is 13.5. The molecule has 1 aromatic carbocycles. The summed E-state index contributed by atoms with van der Waals surface area (Å²) in [6.45, 7) is 1.33. The second-order valence-corrected chi connectivity index (χ2v) is 7.77. The van der Waals surface area contributed by atoms with E-state index in [2.05, 4.69) is 4.72 Å². The van der Waals surface area contributed by atoms with Crippen LogP contribution in [0.3, 0.4) is 0 Å². The van der Waals surface area contributed by atoms with Gasteiger partial charge in [0.05, 0.1) is 11.8 Å². The minimum Gasteiger partial charge on any atom is -0.472 e. The molecular weight excluding hydrogens is 347 g/mol. The van der Waals surface area contributed by atoms with E-state index in [0.29, 0.717) is 31.5 Å². The van der Waals surface area contributed by atoms with Gasteiger partial charge < -0.3 is 9.32 Å². The molecule has 1 aliphatic heterocycles. The third kappa shape index (κ3) is 4.08. The summed E-state index contributed by atoms with van der Waals surface area (Å²) in [6, 6.07) is 6.91. The number of furan rings is 1. The standard InChI is InChI=1S/C17H19FN2O4S/c18-15-3-1-2-4-16(15)25(22,23)19-11-13-5-8-20(9-6-13)17(21)14-7-10-24-12-14/h1-4,7,10,12-13,19H,5-6,8-9,11H2. The molecule has 3 rings (SSSR count). The lowest BCUT2D eigenvalue weighted by molar-refractivity contribution is 0.0691. The van der Waals surface area contributed by atoms with Crippen LogP contribution in [-0.4, -0.2) is 38.9 Å². The predicted octanol–water partition coefficient (Wildman–Crippen LogP) is 2.25. The van der Waals surface area contributed by atoms with Gasteiger partial charge in [-0.15, -0.1) is 0 Å². The first kappa shape index (κ1) is 17.6. The van der Waals surface area contributed by atoms with Crippen LogP contribution < -0.4 is 4.72 Å². The number of carbonyl (C=O) groups is 1. The number of likely N-dealkylation sites (tertiary alicyclic amines) is 1. The molecular formula is C17H19FN2O4S. The number of carbonyl (C=O) groups excluding carboxylic acids is 1. The van der Waals surface area contributed by atoms with Crippen molar-refractivity contribution in [3.63, 3.8) is 0 Å². The third-order valence-electron chi connectivity index (χ3n) is 4.36. The van der Waals surface area contributed by atoms with Crippen LogP contribution in [-0.2, 0) is 10.0 Å². The first-order chi connectivity index (χ1) is 12.0. The first-order valence-corrected chi connectivity index (χ1v) is 9.51. The molecule has 134 valence electrons. The Hall–Kier alpha value is -2.19. The Kier molecular flexibility index (Phi) is 5.19. The smallest absolute Gasteiger partial charge is 0.257 e. The van der Waals surface area contributed by atoms with Crippen molar-refractivity contribution in [2.75, 3.05) is 19.6 Å². The number of halogens is 1. The molecule has 1 N–H and O–H groups in total. The van der Waals surface area contributed by atoms with Crippen molar-refractivity contribution in [2.45, 2.75) is 17.7 Å². The number of rotatable bonds is 5. The van der Waals surface area contributed by atoms with E-state index in [0.717, 1.165) is 6.07 Å². The summed E-state index contributed by atoms with van der Waals surface area (Å²) in [5, 5.41) is 0. The topological polar surface area (TPSA) is 79.6 Å². The average Bonchev–Trinajstić information content (AvgIpc) is 3.15. The van der Waals surface area contributed by atoms with E-state index < -0.39 is 15.8 Å². The Morgan fingerprint density at radius 3 is 2.60 bits per heavy atom. The van der Waals surface area contributed by atoms with Gasteiger partial charge in [-0.1, -0.05) is 12.1 Å². The second kappa shape index (κ2) is 7.37. The van der Waals surface area contributed by atoms with E-state index in [1.165, 1.54) is 30.7 Å². The molecule has 0 atom stereocenters. The first-order valence-electron chi connectivity index (χ1n) is 8.03. The highest BCUT2D eigenvalue weighted by Gasteiger charge is 2.26. The Labute approximate surface area is 145 Å². The summed E-state index contributed by atoms with van der Waals surface area (Å²) in [5.74, 6) is -0.746. The van der Waals surface area contributed by atoms with Crippen LogP contribution in [0, 0.1) is 11.7 Å². The molecule has 8 heteroatoms. The molecule has 1 amide bonds. The Morgan fingerprint density at radius 2 is 1.96 bits per heavy atom. The highest BCUT2D eigenvalue weighted by atomic mass is 32.2. The summed E-state index contributed by atoms with van der Waals surface area (Å²) >= 11 is 0. The molecule has 6 nitrogen and oxygen atoms in total. The van der Waals surface area contributed by atoms with Gasteiger partial charge in [-0.05, 0) is 37.0 Å². The van der Waals surface area contributed by atoms with E-state index in [1.54, 1.807) is 11.0 Å². The quantitative estimate of drug-likeness (QED) is 0.880. The minimum atomic E-state index is -3.87. The largest absolute Gasteiger partial charge is 0.472 e. The van der Waals surface area contributed by atoms with Crippen LogP contribution in [0.15, 0.2) is 52.2 Å². The summed E-state index contributed by atoms with van der Waals surface area (Å²) in [7, 11) is -3.87. The predicted molar refractivity (Wildman–Crippen MR) is 88.9 cm³/mol. The van der Waals surface area contributed by atoms with E-state index >= 15 is 0 Å². The maximum absolute atomic E-state index is 13.7. The van der Waals surface area contributed by atoms with E-state index in [1.807, 2.05) is 0 Å². The van der Waals surface area contributed by atoms with Crippen molar-refractivity contribution in [1.82, 2.24) is 9.62 Å². The van der Waals surface area contributed by atoms with Crippen LogP contribution in [0.4, 0.5) is 4.39 Å². The third-order valence-corrected chi connectivity index (χ3v) is 5.81. The van der Waals surface area contributed by atoms with Crippen molar-refractivity contribution >= 4 is 15.9 Å². The van der Waals surface area contributed by atoms with Gasteiger partial charge in [-0.3, -0.25) is 4.79 Å². The summed E-state index contributed by atoms with van der Waals surface area (Å²) in [4.78, 5) is 13.6. The molecule has 1 saturated heterocycles. The molecule has 1 fully saturated rings. The van der Waals surface area contributed by atoms with Gasteiger partial charge in [0, 0.05) is 19.6 Å². The highest BCUT2D eigenvalue weighted by molar-refractivity contribution is 7.89. The number of hydrogen-bond donors (Lipinski definition) is 1. The lowest BCUT2D eigenvalue weighted by Crippen LogP contribution is -2.41. The zero-order valence-corrected chi connectivity index (χ0v) is 14.3. The highest BCUT2D eigenvalue weighted by Crippen LogP contribution is 2.20. The van der Waals surface area contributed by atoms with Crippen LogP contribution in [0.5, 0.6) is 0 Å². The molecule has 25 heavy (non-hydrogen) atoms. The molecule has 1 aliphatic rings. The molecule has 0 bridgehead atoms. The van der Waals surface area contributed by atoms with Crippen molar-refractivity contribution in [3.05, 3.63) is 54.2 Å². The summed E-state index contributed by atoms with van der Waals surface area (Å²) < 4.78 is 45.4. The Bertz CT molecular complexity index is 828. The van der Waals surface area contributed by atoms with Crippen molar-refractivity contribution in [1.29, 1.82) is 0 Å². The van der Waals surface area contributed by atoms with Gasteiger partial charge in [-0.25, -0.2) is 17.5 Å². The van der Waals surface area contributed by atoms with Crippen LogP contribution in [0.2, 0.25) is 0 Å². The normalized spacial score (nSPS) is 16.1. The number of piperidine rings is 1. The number of nitrogens with zero attached hydrogens (tertiary/aromatic N) is 1. The van der Waals surface area contributed by atoms with Gasteiger partial charge in [-0.2, -0.15) is 0 Å². The lowest BCUT2D eigenvalue weighted by atomic mass is 9.97. The molecule has 2 heterocycles. The fourth-order valence-electron chi connectivity index (χ4n) is 2.88. The second-order valence-electron chi connectivity index (χ2n) is 6.03. The van der Waals surface area contributed by atoms with Crippen LogP contribution >= 0.6 is 0 Å². The van der Waals surface area contributed by atoms with E-state index in [-0.39, 0.29) is 23.3 Å². The number of benzene rings is 1. The Balaban J connectivity index is 1.53. The van der Waals surface area contributed by atoms with E-state index in [9.17, 15) is 17.6 Å². The Morgan fingerprint density at radius 1 is 1.24 bits per heavy atom. The molecule has 0 radical (unpaired) electrons. The van der Waals surface area contributed by atoms with Gasteiger partial charge in [0.15, 0.2) is 0 Å². The van der Waals surface area contributed by atoms with Crippen molar-refractivity contribution < 1.29 is 22.0 Å². The number of sulfonamides is 1. The monoisotopic (exact) mass is 366 g/mol. The molecule has 0 unspecified atom stereocenters. The molecule has 2 aromatic rings. The maximum atomic E-state index is 13.7. The SMILES string of the molecule is O=C(c1ccoc1)N1CCC(CNS(=O)(=O)c2ccccc2F)CC1. The van der Waals surface area contributed by atoms with Gasteiger partial charge in [0.2, 0.25) is 10.0 Å². The zero-order chi connectivity index (χ0) is 17.9. The molecule has 0 spiro atoms. The van der Waals surface area contributed by atoms with Gasteiger partial charge in [0.1, 0.15) is 17.0 Å². The number of hydrogen-bond acceptors (Lipinski definition) is 4. The number of nitrogens with one attached hydrogen (secondary N) is 1. The van der Waals surface area contributed by atoms with Crippen LogP contribution in [0.25, 0.3) is 0 Å².